The van der Waals surface area contributed by atoms with Gasteiger partial charge in [0.05, 0.1) is 17.9 Å². The van der Waals surface area contributed by atoms with Crippen LogP contribution in [-0.2, 0) is 9.53 Å². The lowest BCUT2D eigenvalue weighted by molar-refractivity contribution is -0.131. The first-order valence-corrected chi connectivity index (χ1v) is 9.90. The van der Waals surface area contributed by atoms with Crippen LogP contribution < -0.4 is 5.32 Å². The first-order valence-electron chi connectivity index (χ1n) is 9.52. The lowest BCUT2D eigenvalue weighted by atomic mass is 10.2. The van der Waals surface area contributed by atoms with Gasteiger partial charge in [-0.05, 0) is 45.0 Å². The van der Waals surface area contributed by atoms with Crippen LogP contribution in [0.2, 0.25) is 5.02 Å². The number of hydrogen-bond acceptors (Lipinski definition) is 5. The standard InChI is InChI=1S/C20H26ClN5O3/c1-20(2,3)29-19(28)25-11-9-24(10-12-25)18(27)14-22-16-13-15(21)5-6-17(16)26-8-4-7-23-26/h4-8,13,22H,9-12,14H2,1-3H3. The van der Waals surface area contributed by atoms with Gasteiger partial charge in [0.2, 0.25) is 5.91 Å². The summed E-state index contributed by atoms with van der Waals surface area (Å²) in [5.41, 5.74) is 1.00. The highest BCUT2D eigenvalue weighted by Crippen LogP contribution is 2.24. The fourth-order valence-electron chi connectivity index (χ4n) is 3.01. The highest BCUT2D eigenvalue weighted by Gasteiger charge is 2.27. The number of piperazine rings is 1. The number of ether oxygens (including phenoxy) is 1. The second-order valence-corrected chi connectivity index (χ2v) is 8.25. The predicted octanol–water partition coefficient (Wildman–Crippen LogP) is 3.02. The molecule has 1 N–H and O–H groups in total. The number of carbonyl (C=O) groups is 2. The van der Waals surface area contributed by atoms with Gasteiger partial charge in [0.1, 0.15) is 5.60 Å². The van der Waals surface area contributed by atoms with E-state index in [9.17, 15) is 9.59 Å². The molecule has 1 fully saturated rings. The number of rotatable bonds is 4. The number of hydrogen-bond donors (Lipinski definition) is 1. The first-order chi connectivity index (χ1) is 13.7. The Bertz CT molecular complexity index is 855. The van der Waals surface area contributed by atoms with E-state index in [1.165, 1.54) is 0 Å². The maximum absolute atomic E-state index is 12.6. The molecular weight excluding hydrogens is 394 g/mol. The van der Waals surface area contributed by atoms with Gasteiger partial charge < -0.3 is 19.9 Å². The average Bonchev–Trinajstić information content (AvgIpc) is 3.19. The van der Waals surface area contributed by atoms with E-state index in [0.29, 0.717) is 31.2 Å². The summed E-state index contributed by atoms with van der Waals surface area (Å²) in [5, 5.41) is 7.97. The predicted molar refractivity (Wildman–Crippen MR) is 111 cm³/mol. The molecule has 0 aliphatic carbocycles. The van der Waals surface area contributed by atoms with Crippen LogP contribution in [0.3, 0.4) is 0 Å². The van der Waals surface area contributed by atoms with Gasteiger partial charge in [0.15, 0.2) is 0 Å². The monoisotopic (exact) mass is 419 g/mol. The third kappa shape index (κ3) is 5.63. The van der Waals surface area contributed by atoms with Crippen molar-refractivity contribution in [3.05, 3.63) is 41.7 Å². The Morgan fingerprint density at radius 3 is 2.48 bits per heavy atom. The number of carbonyl (C=O) groups excluding carboxylic acids is 2. The average molecular weight is 420 g/mol. The molecule has 0 unspecified atom stereocenters. The number of halogens is 1. The molecule has 0 spiro atoms. The van der Waals surface area contributed by atoms with Crippen LogP contribution in [0.4, 0.5) is 10.5 Å². The van der Waals surface area contributed by atoms with Gasteiger partial charge in [0.25, 0.3) is 0 Å². The smallest absolute Gasteiger partial charge is 0.410 e. The largest absolute Gasteiger partial charge is 0.444 e. The van der Waals surface area contributed by atoms with Crippen molar-refractivity contribution in [3.63, 3.8) is 0 Å². The Morgan fingerprint density at radius 1 is 1.17 bits per heavy atom. The van der Waals surface area contributed by atoms with Crippen molar-refractivity contribution in [2.75, 3.05) is 38.0 Å². The molecule has 1 aromatic heterocycles. The molecule has 1 aliphatic heterocycles. The van der Waals surface area contributed by atoms with Crippen molar-refractivity contribution < 1.29 is 14.3 Å². The van der Waals surface area contributed by atoms with Crippen LogP contribution in [0, 0.1) is 0 Å². The normalized spacial score (nSPS) is 14.6. The zero-order valence-corrected chi connectivity index (χ0v) is 17.6. The number of amides is 2. The van der Waals surface area contributed by atoms with Crippen molar-refractivity contribution in [3.8, 4) is 5.69 Å². The fourth-order valence-corrected chi connectivity index (χ4v) is 3.18. The van der Waals surface area contributed by atoms with Crippen molar-refractivity contribution in [2.45, 2.75) is 26.4 Å². The van der Waals surface area contributed by atoms with E-state index in [1.807, 2.05) is 39.1 Å². The van der Waals surface area contributed by atoms with Gasteiger partial charge in [-0.1, -0.05) is 11.6 Å². The third-order valence-corrected chi connectivity index (χ3v) is 4.66. The molecule has 1 aliphatic rings. The van der Waals surface area contributed by atoms with E-state index in [4.69, 9.17) is 16.3 Å². The van der Waals surface area contributed by atoms with Crippen LogP contribution in [0.15, 0.2) is 36.7 Å². The summed E-state index contributed by atoms with van der Waals surface area (Å²) < 4.78 is 7.10. The van der Waals surface area contributed by atoms with Crippen LogP contribution in [0.1, 0.15) is 20.8 Å². The lowest BCUT2D eigenvalue weighted by Crippen LogP contribution is -2.52. The summed E-state index contributed by atoms with van der Waals surface area (Å²) in [6.07, 6.45) is 3.17. The lowest BCUT2D eigenvalue weighted by Gasteiger charge is -2.35. The summed E-state index contributed by atoms with van der Waals surface area (Å²) in [6.45, 7) is 7.49. The molecule has 0 bridgehead atoms. The molecule has 3 rings (SSSR count). The molecule has 0 atom stereocenters. The number of anilines is 1. The summed E-state index contributed by atoms with van der Waals surface area (Å²) in [7, 11) is 0. The number of aromatic nitrogens is 2. The first kappa shape index (κ1) is 21.0. The van der Waals surface area contributed by atoms with Gasteiger partial charge in [-0.2, -0.15) is 5.10 Å². The number of nitrogens with one attached hydrogen (secondary N) is 1. The summed E-state index contributed by atoms with van der Waals surface area (Å²) >= 11 is 6.12. The SMILES string of the molecule is CC(C)(C)OC(=O)N1CCN(C(=O)CNc2cc(Cl)ccc2-n2cccn2)CC1. The number of nitrogens with zero attached hydrogens (tertiary/aromatic N) is 4. The van der Waals surface area contributed by atoms with E-state index in [-0.39, 0.29) is 18.5 Å². The molecule has 2 heterocycles. The molecule has 1 aromatic carbocycles. The topological polar surface area (TPSA) is 79.7 Å². The quantitative estimate of drug-likeness (QED) is 0.824. The van der Waals surface area contributed by atoms with Crippen LogP contribution >= 0.6 is 11.6 Å². The zero-order valence-electron chi connectivity index (χ0n) is 16.9. The summed E-state index contributed by atoms with van der Waals surface area (Å²) in [4.78, 5) is 28.2. The highest BCUT2D eigenvalue weighted by atomic mass is 35.5. The van der Waals surface area contributed by atoms with E-state index < -0.39 is 5.60 Å². The van der Waals surface area contributed by atoms with Crippen molar-refractivity contribution >= 4 is 29.3 Å². The molecule has 2 aromatic rings. The maximum atomic E-state index is 12.6. The van der Waals surface area contributed by atoms with Gasteiger partial charge in [-0.15, -0.1) is 0 Å². The molecule has 0 saturated carbocycles. The van der Waals surface area contributed by atoms with Crippen LogP contribution in [0.25, 0.3) is 5.69 Å². The Labute approximate surface area is 175 Å². The van der Waals surface area contributed by atoms with Gasteiger partial charge in [-0.25, -0.2) is 9.48 Å². The zero-order chi connectivity index (χ0) is 21.0. The van der Waals surface area contributed by atoms with Crippen molar-refractivity contribution in [1.29, 1.82) is 0 Å². The maximum Gasteiger partial charge on any atom is 0.410 e. The second-order valence-electron chi connectivity index (χ2n) is 7.81. The van der Waals surface area contributed by atoms with Gasteiger partial charge in [-0.3, -0.25) is 4.79 Å². The van der Waals surface area contributed by atoms with E-state index in [1.54, 1.807) is 32.8 Å². The van der Waals surface area contributed by atoms with E-state index in [2.05, 4.69) is 10.4 Å². The molecule has 29 heavy (non-hydrogen) atoms. The van der Waals surface area contributed by atoms with Gasteiger partial charge >= 0.3 is 6.09 Å². The molecular formula is C20H26ClN5O3. The summed E-state index contributed by atoms with van der Waals surface area (Å²) in [6, 6.07) is 7.23. The Hall–Kier alpha value is -2.74. The molecule has 8 nitrogen and oxygen atoms in total. The highest BCUT2D eigenvalue weighted by molar-refractivity contribution is 6.31. The third-order valence-electron chi connectivity index (χ3n) is 4.42. The van der Waals surface area contributed by atoms with Gasteiger partial charge in [0, 0.05) is 43.6 Å². The Balaban J connectivity index is 1.55. The van der Waals surface area contributed by atoms with Crippen LogP contribution in [-0.4, -0.2) is 69.9 Å². The molecule has 156 valence electrons. The molecule has 0 radical (unpaired) electrons. The van der Waals surface area contributed by atoms with Crippen molar-refractivity contribution in [2.24, 2.45) is 0 Å². The minimum Gasteiger partial charge on any atom is -0.444 e. The van der Waals surface area contributed by atoms with Crippen molar-refractivity contribution in [1.82, 2.24) is 19.6 Å². The molecule has 2 amide bonds. The molecule has 9 heteroatoms. The number of benzene rings is 1. The van der Waals surface area contributed by atoms with Crippen LogP contribution in [0.5, 0.6) is 0 Å². The summed E-state index contributed by atoms with van der Waals surface area (Å²) in [5.74, 6) is -0.0415. The minimum absolute atomic E-state index is 0.0415. The van der Waals surface area contributed by atoms with E-state index >= 15 is 0 Å². The molecule has 1 saturated heterocycles. The minimum atomic E-state index is -0.531. The fraction of sp³-hybridized carbons (Fsp3) is 0.450. The Kier molecular flexibility index (Phi) is 6.32. The second kappa shape index (κ2) is 8.73. The van der Waals surface area contributed by atoms with E-state index in [0.717, 1.165) is 11.4 Å². The Morgan fingerprint density at radius 2 is 1.86 bits per heavy atom.